The number of rotatable bonds is 2. The zero-order valence-corrected chi connectivity index (χ0v) is 11.2. The smallest absolute Gasteiger partial charge is 0.321 e. The number of likely N-dealkylation sites (tertiary alicyclic amines) is 1. The predicted molar refractivity (Wildman–Crippen MR) is 72.1 cm³/mol. The average molecular weight is 273 g/mol. The zero-order valence-electron chi connectivity index (χ0n) is 11.2. The van der Waals surface area contributed by atoms with Gasteiger partial charge in [-0.2, -0.15) is 4.98 Å². The van der Waals surface area contributed by atoms with Gasteiger partial charge >= 0.3 is 6.03 Å². The topological polar surface area (TPSA) is 84.2 Å². The number of anilines is 1. The van der Waals surface area contributed by atoms with E-state index in [1.807, 2.05) is 0 Å². The standard InChI is InChI=1S/C13H15N5O2/c1-9-15-12(20-17-9)11-5-4-10(8-14-11)16-13(19)18-6-2-3-7-18/h4-5,8H,2-3,6-7H2,1H3,(H,16,19). The molecule has 20 heavy (non-hydrogen) atoms. The number of aromatic nitrogens is 3. The van der Waals surface area contributed by atoms with Gasteiger partial charge in [0.15, 0.2) is 5.82 Å². The van der Waals surface area contributed by atoms with Crippen molar-refractivity contribution in [3.05, 3.63) is 24.2 Å². The fraction of sp³-hybridized carbons (Fsp3) is 0.385. The van der Waals surface area contributed by atoms with Crippen molar-refractivity contribution in [2.75, 3.05) is 18.4 Å². The first-order chi connectivity index (χ1) is 9.72. The molecule has 0 radical (unpaired) electrons. The molecule has 0 aromatic carbocycles. The largest absolute Gasteiger partial charge is 0.332 e. The summed E-state index contributed by atoms with van der Waals surface area (Å²) in [6.45, 7) is 3.38. The number of carbonyl (C=O) groups excluding carboxylic acids is 1. The molecule has 0 aliphatic carbocycles. The van der Waals surface area contributed by atoms with E-state index in [4.69, 9.17) is 4.52 Å². The molecule has 7 heteroatoms. The summed E-state index contributed by atoms with van der Waals surface area (Å²) in [5.74, 6) is 0.938. The minimum atomic E-state index is -0.0781. The molecule has 1 fully saturated rings. The summed E-state index contributed by atoms with van der Waals surface area (Å²) in [5, 5.41) is 6.54. The van der Waals surface area contributed by atoms with Gasteiger partial charge in [-0.15, -0.1) is 0 Å². The SMILES string of the molecule is Cc1noc(-c2ccc(NC(=O)N3CCCC3)cn2)n1. The van der Waals surface area contributed by atoms with E-state index in [1.165, 1.54) is 0 Å². The molecule has 7 nitrogen and oxygen atoms in total. The lowest BCUT2D eigenvalue weighted by atomic mass is 10.3. The minimum Gasteiger partial charge on any atom is -0.332 e. The molecule has 0 saturated carbocycles. The highest BCUT2D eigenvalue weighted by atomic mass is 16.5. The van der Waals surface area contributed by atoms with E-state index >= 15 is 0 Å². The van der Waals surface area contributed by atoms with Gasteiger partial charge in [0.25, 0.3) is 5.89 Å². The van der Waals surface area contributed by atoms with E-state index in [1.54, 1.807) is 30.2 Å². The van der Waals surface area contributed by atoms with Crippen LogP contribution >= 0.6 is 0 Å². The van der Waals surface area contributed by atoms with Crippen molar-refractivity contribution in [1.82, 2.24) is 20.0 Å². The summed E-state index contributed by atoms with van der Waals surface area (Å²) in [7, 11) is 0. The Labute approximate surface area is 116 Å². The Morgan fingerprint density at radius 3 is 2.75 bits per heavy atom. The van der Waals surface area contributed by atoms with E-state index in [0.29, 0.717) is 23.1 Å². The molecule has 0 bridgehead atoms. The van der Waals surface area contributed by atoms with Crippen LogP contribution < -0.4 is 5.32 Å². The number of hydrogen-bond acceptors (Lipinski definition) is 5. The summed E-state index contributed by atoms with van der Waals surface area (Å²) in [6, 6.07) is 3.44. The molecular formula is C13H15N5O2. The molecule has 1 N–H and O–H groups in total. The summed E-state index contributed by atoms with van der Waals surface area (Å²) < 4.78 is 5.03. The number of urea groups is 1. The molecule has 3 heterocycles. The van der Waals surface area contributed by atoms with Crippen LogP contribution in [0.2, 0.25) is 0 Å². The first kappa shape index (κ1) is 12.6. The molecule has 0 atom stereocenters. The van der Waals surface area contributed by atoms with Crippen LogP contribution in [0.1, 0.15) is 18.7 Å². The molecule has 0 spiro atoms. The number of hydrogen-bond donors (Lipinski definition) is 1. The van der Waals surface area contributed by atoms with Gasteiger partial charge in [0, 0.05) is 13.1 Å². The molecule has 2 aromatic rings. The van der Waals surface area contributed by atoms with Crippen LogP contribution in [0.3, 0.4) is 0 Å². The monoisotopic (exact) mass is 273 g/mol. The molecule has 1 saturated heterocycles. The molecular weight excluding hydrogens is 258 g/mol. The Kier molecular flexibility index (Phi) is 3.32. The fourth-order valence-electron chi connectivity index (χ4n) is 2.12. The number of nitrogens with one attached hydrogen (secondary N) is 1. The van der Waals surface area contributed by atoms with Crippen molar-refractivity contribution in [2.24, 2.45) is 0 Å². The Balaban J connectivity index is 1.68. The average Bonchev–Trinajstić information content (AvgIpc) is 3.10. The van der Waals surface area contributed by atoms with Crippen LogP contribution in [0.25, 0.3) is 11.6 Å². The van der Waals surface area contributed by atoms with E-state index in [9.17, 15) is 4.79 Å². The quantitative estimate of drug-likeness (QED) is 0.905. The zero-order chi connectivity index (χ0) is 13.9. The maximum Gasteiger partial charge on any atom is 0.321 e. The van der Waals surface area contributed by atoms with Crippen LogP contribution in [0, 0.1) is 6.92 Å². The van der Waals surface area contributed by atoms with Gasteiger partial charge in [0.1, 0.15) is 5.69 Å². The van der Waals surface area contributed by atoms with Crippen molar-refractivity contribution >= 4 is 11.7 Å². The van der Waals surface area contributed by atoms with Crippen molar-refractivity contribution < 1.29 is 9.32 Å². The number of nitrogens with zero attached hydrogens (tertiary/aromatic N) is 4. The molecule has 0 unspecified atom stereocenters. The van der Waals surface area contributed by atoms with Crippen molar-refractivity contribution in [3.8, 4) is 11.6 Å². The summed E-state index contributed by atoms with van der Waals surface area (Å²) in [6.07, 6.45) is 3.73. The van der Waals surface area contributed by atoms with Crippen LogP contribution in [0.15, 0.2) is 22.9 Å². The first-order valence-electron chi connectivity index (χ1n) is 6.55. The lowest BCUT2D eigenvalue weighted by Gasteiger charge is -2.15. The number of pyridine rings is 1. The normalized spacial score (nSPS) is 14.6. The van der Waals surface area contributed by atoms with Crippen molar-refractivity contribution in [2.45, 2.75) is 19.8 Å². The van der Waals surface area contributed by atoms with Crippen LogP contribution in [0.5, 0.6) is 0 Å². The highest BCUT2D eigenvalue weighted by Crippen LogP contribution is 2.17. The maximum atomic E-state index is 11.9. The van der Waals surface area contributed by atoms with Crippen LogP contribution in [0.4, 0.5) is 10.5 Å². The Hall–Kier alpha value is -2.44. The van der Waals surface area contributed by atoms with Gasteiger partial charge in [-0.05, 0) is 31.9 Å². The highest BCUT2D eigenvalue weighted by Gasteiger charge is 2.17. The second kappa shape index (κ2) is 5.28. The summed E-state index contributed by atoms with van der Waals surface area (Å²) in [4.78, 5) is 22.0. The Morgan fingerprint density at radius 2 is 2.15 bits per heavy atom. The third kappa shape index (κ3) is 2.61. The molecule has 104 valence electrons. The molecule has 2 amide bonds. The predicted octanol–water partition coefficient (Wildman–Crippen LogP) is 2.07. The molecule has 3 rings (SSSR count). The highest BCUT2D eigenvalue weighted by molar-refractivity contribution is 5.89. The second-order valence-electron chi connectivity index (χ2n) is 4.70. The van der Waals surface area contributed by atoms with Crippen molar-refractivity contribution in [1.29, 1.82) is 0 Å². The third-order valence-corrected chi connectivity index (χ3v) is 3.15. The Bertz CT molecular complexity index is 601. The van der Waals surface area contributed by atoms with Gasteiger partial charge in [-0.1, -0.05) is 5.16 Å². The van der Waals surface area contributed by atoms with Crippen molar-refractivity contribution in [3.63, 3.8) is 0 Å². The van der Waals surface area contributed by atoms with E-state index in [0.717, 1.165) is 25.9 Å². The second-order valence-corrected chi connectivity index (χ2v) is 4.70. The van der Waals surface area contributed by atoms with Gasteiger partial charge < -0.3 is 14.7 Å². The fourth-order valence-corrected chi connectivity index (χ4v) is 2.12. The number of amides is 2. The lowest BCUT2D eigenvalue weighted by molar-refractivity contribution is 0.222. The van der Waals surface area contributed by atoms with Crippen LogP contribution in [-0.4, -0.2) is 39.1 Å². The van der Waals surface area contributed by atoms with Gasteiger partial charge in [0.05, 0.1) is 11.9 Å². The van der Waals surface area contributed by atoms with Gasteiger partial charge in [-0.25, -0.2) is 9.78 Å². The van der Waals surface area contributed by atoms with Gasteiger partial charge in [-0.3, -0.25) is 0 Å². The lowest BCUT2D eigenvalue weighted by Crippen LogP contribution is -2.32. The summed E-state index contributed by atoms with van der Waals surface area (Å²) >= 11 is 0. The Morgan fingerprint density at radius 1 is 1.35 bits per heavy atom. The van der Waals surface area contributed by atoms with E-state index in [-0.39, 0.29) is 6.03 Å². The number of aryl methyl sites for hydroxylation is 1. The minimum absolute atomic E-state index is 0.0781. The van der Waals surface area contributed by atoms with Gasteiger partial charge in [0.2, 0.25) is 0 Å². The van der Waals surface area contributed by atoms with E-state index < -0.39 is 0 Å². The summed E-state index contributed by atoms with van der Waals surface area (Å²) in [5.41, 5.74) is 1.24. The molecule has 1 aliphatic rings. The molecule has 1 aliphatic heterocycles. The number of carbonyl (C=O) groups is 1. The maximum absolute atomic E-state index is 11.9. The first-order valence-corrected chi connectivity index (χ1v) is 6.55. The van der Waals surface area contributed by atoms with E-state index in [2.05, 4.69) is 20.4 Å². The third-order valence-electron chi connectivity index (χ3n) is 3.15. The van der Waals surface area contributed by atoms with Crippen LogP contribution in [-0.2, 0) is 0 Å². The molecule has 2 aromatic heterocycles.